The number of rotatable bonds is 5. The molecule has 2 aromatic carbocycles. The van der Waals surface area contributed by atoms with Gasteiger partial charge in [0.2, 0.25) is 0 Å². The van der Waals surface area contributed by atoms with Crippen molar-refractivity contribution in [1.82, 2.24) is 15.1 Å². The monoisotopic (exact) mass is 409 g/mol. The van der Waals surface area contributed by atoms with E-state index in [1.165, 1.54) is 5.56 Å². The van der Waals surface area contributed by atoms with E-state index in [-0.39, 0.29) is 23.4 Å². The maximum absolute atomic E-state index is 12.9. The first kappa shape index (κ1) is 19.4. The van der Waals surface area contributed by atoms with E-state index in [2.05, 4.69) is 22.5 Å². The molecule has 6 nitrogen and oxygen atoms in total. The Balaban J connectivity index is 1.57. The van der Waals surface area contributed by atoms with Gasteiger partial charge in [-0.05, 0) is 31.4 Å². The zero-order valence-corrected chi connectivity index (χ0v) is 17.2. The van der Waals surface area contributed by atoms with E-state index >= 15 is 0 Å². The van der Waals surface area contributed by atoms with Gasteiger partial charge in [0, 0.05) is 24.2 Å². The van der Waals surface area contributed by atoms with Crippen molar-refractivity contribution in [2.75, 3.05) is 0 Å². The third kappa shape index (κ3) is 3.70. The minimum atomic E-state index is -3.51. The van der Waals surface area contributed by atoms with Gasteiger partial charge in [0.05, 0.1) is 16.3 Å². The van der Waals surface area contributed by atoms with Gasteiger partial charge in [-0.3, -0.25) is 9.48 Å². The van der Waals surface area contributed by atoms with Crippen LogP contribution >= 0.6 is 0 Å². The van der Waals surface area contributed by atoms with Crippen LogP contribution in [-0.4, -0.2) is 30.1 Å². The highest BCUT2D eigenvalue weighted by Gasteiger charge is 2.34. The van der Waals surface area contributed by atoms with Crippen LogP contribution in [0.1, 0.15) is 35.0 Å². The normalized spacial score (nSPS) is 15.2. The number of amides is 1. The van der Waals surface area contributed by atoms with Crippen molar-refractivity contribution >= 4 is 15.7 Å². The number of nitrogens with zero attached hydrogens (tertiary/aromatic N) is 2. The number of benzene rings is 2. The summed E-state index contributed by atoms with van der Waals surface area (Å²) in [6.45, 7) is 1.95. The van der Waals surface area contributed by atoms with Crippen LogP contribution in [0.15, 0.2) is 59.5 Å². The predicted octanol–water partition coefficient (Wildman–Crippen LogP) is 3.13. The first-order valence-corrected chi connectivity index (χ1v) is 11.2. The maximum atomic E-state index is 12.9. The van der Waals surface area contributed by atoms with Crippen LogP contribution in [0.25, 0.3) is 11.3 Å². The zero-order chi connectivity index (χ0) is 20.6. The van der Waals surface area contributed by atoms with Crippen LogP contribution < -0.4 is 5.32 Å². The molecule has 0 unspecified atom stereocenters. The maximum Gasteiger partial charge on any atom is 0.272 e. The fraction of sp³-hybridized carbons (Fsp3) is 0.273. The summed E-state index contributed by atoms with van der Waals surface area (Å²) in [6.07, 6.45) is 1.64. The first-order chi connectivity index (χ1) is 13.9. The van der Waals surface area contributed by atoms with Gasteiger partial charge < -0.3 is 5.32 Å². The molecule has 3 aromatic rings. The molecule has 0 spiro atoms. The smallest absolute Gasteiger partial charge is 0.272 e. The average molecular weight is 410 g/mol. The molecule has 0 bridgehead atoms. The van der Waals surface area contributed by atoms with E-state index in [0.717, 1.165) is 12.8 Å². The molecule has 2 heterocycles. The summed E-state index contributed by atoms with van der Waals surface area (Å²) in [5.41, 5.74) is 3.16. The van der Waals surface area contributed by atoms with Crippen LogP contribution in [-0.2, 0) is 29.1 Å². The van der Waals surface area contributed by atoms with Crippen LogP contribution in [0.2, 0.25) is 0 Å². The second-order valence-corrected chi connectivity index (χ2v) is 9.41. The Hall–Kier alpha value is -2.93. The molecule has 0 radical (unpaired) electrons. The Kier molecular flexibility index (Phi) is 5.00. The number of nitrogens with one attached hydrogen (secondary N) is 1. The lowest BCUT2D eigenvalue weighted by atomic mass is 10.0. The Labute approximate surface area is 170 Å². The van der Waals surface area contributed by atoms with Crippen molar-refractivity contribution in [1.29, 1.82) is 0 Å². The second-order valence-electron chi connectivity index (χ2n) is 7.45. The fourth-order valence-electron chi connectivity index (χ4n) is 3.82. The molecule has 4 rings (SSSR count). The number of hydrogen-bond donors (Lipinski definition) is 1. The van der Waals surface area contributed by atoms with Crippen molar-refractivity contribution in [2.45, 2.75) is 36.5 Å². The van der Waals surface area contributed by atoms with E-state index < -0.39 is 9.84 Å². The SMILES string of the molecule is C[C@H](CCc1ccccc1)NC(=O)c1nn(C)c2c1CS(=O)(=O)c1ccccc1-2. The molecule has 0 aliphatic carbocycles. The Bertz CT molecular complexity index is 1170. The number of aromatic nitrogens is 2. The standard InChI is InChI=1S/C22H23N3O3S/c1-15(12-13-16-8-4-3-5-9-16)23-22(26)20-18-14-29(27,28)19-11-7-6-10-17(19)21(18)25(2)24-20/h3-11,15H,12-14H2,1-2H3,(H,23,26)/t15-/m1/s1. The van der Waals surface area contributed by atoms with Gasteiger partial charge in [0.15, 0.2) is 15.5 Å². The highest BCUT2D eigenvalue weighted by molar-refractivity contribution is 7.90. The summed E-state index contributed by atoms with van der Waals surface area (Å²) in [6, 6.07) is 16.9. The summed E-state index contributed by atoms with van der Waals surface area (Å²) < 4.78 is 27.1. The molecule has 0 saturated heterocycles. The highest BCUT2D eigenvalue weighted by atomic mass is 32.2. The van der Waals surface area contributed by atoms with E-state index in [0.29, 0.717) is 21.7 Å². The van der Waals surface area contributed by atoms with Crippen LogP contribution in [0.5, 0.6) is 0 Å². The van der Waals surface area contributed by atoms with E-state index in [4.69, 9.17) is 0 Å². The van der Waals surface area contributed by atoms with Gasteiger partial charge in [-0.25, -0.2) is 8.42 Å². The topological polar surface area (TPSA) is 81.1 Å². The molecule has 7 heteroatoms. The molecule has 29 heavy (non-hydrogen) atoms. The molecule has 1 N–H and O–H groups in total. The third-order valence-corrected chi connectivity index (χ3v) is 6.95. The van der Waals surface area contributed by atoms with E-state index in [1.807, 2.05) is 25.1 Å². The predicted molar refractivity (Wildman–Crippen MR) is 111 cm³/mol. The van der Waals surface area contributed by atoms with Gasteiger partial charge in [-0.1, -0.05) is 48.5 Å². The number of sulfone groups is 1. The molecule has 1 amide bonds. The summed E-state index contributed by atoms with van der Waals surface area (Å²) in [4.78, 5) is 13.2. The van der Waals surface area contributed by atoms with Gasteiger partial charge in [0.1, 0.15) is 0 Å². The largest absolute Gasteiger partial charge is 0.348 e. The molecule has 1 aromatic heterocycles. The molecular formula is C22H23N3O3S. The zero-order valence-electron chi connectivity index (χ0n) is 16.4. The number of aryl methyl sites for hydroxylation is 2. The molecule has 0 saturated carbocycles. The number of fused-ring (bicyclic) bond motifs is 3. The van der Waals surface area contributed by atoms with Crippen molar-refractivity contribution in [2.24, 2.45) is 7.05 Å². The molecule has 150 valence electrons. The molecule has 0 fully saturated rings. The average Bonchev–Trinajstić information content (AvgIpc) is 3.03. The summed E-state index contributed by atoms with van der Waals surface area (Å²) >= 11 is 0. The van der Waals surface area contributed by atoms with Crippen LogP contribution in [0, 0.1) is 0 Å². The quantitative estimate of drug-likeness (QED) is 0.702. The van der Waals surface area contributed by atoms with Crippen LogP contribution in [0.4, 0.5) is 0 Å². The Morgan fingerprint density at radius 1 is 1.14 bits per heavy atom. The van der Waals surface area contributed by atoms with Crippen LogP contribution in [0.3, 0.4) is 0 Å². The summed E-state index contributed by atoms with van der Waals surface area (Å²) in [5.74, 6) is -0.550. The highest BCUT2D eigenvalue weighted by Crippen LogP contribution is 2.38. The van der Waals surface area contributed by atoms with Crippen molar-refractivity contribution in [3.8, 4) is 11.3 Å². The van der Waals surface area contributed by atoms with Crippen molar-refractivity contribution < 1.29 is 13.2 Å². The van der Waals surface area contributed by atoms with E-state index in [9.17, 15) is 13.2 Å². The lowest BCUT2D eigenvalue weighted by molar-refractivity contribution is 0.0932. The minimum Gasteiger partial charge on any atom is -0.348 e. The summed E-state index contributed by atoms with van der Waals surface area (Å²) in [5, 5.41) is 7.34. The number of carbonyl (C=O) groups excluding carboxylic acids is 1. The number of hydrogen-bond acceptors (Lipinski definition) is 4. The number of carbonyl (C=O) groups is 1. The van der Waals surface area contributed by atoms with Gasteiger partial charge in [-0.15, -0.1) is 0 Å². The van der Waals surface area contributed by atoms with Gasteiger partial charge in [-0.2, -0.15) is 5.10 Å². The van der Waals surface area contributed by atoms with Crippen molar-refractivity contribution in [3.05, 3.63) is 71.4 Å². The molecular weight excluding hydrogens is 386 g/mol. The third-order valence-electron chi connectivity index (χ3n) is 5.26. The minimum absolute atomic E-state index is 0.0622. The lowest BCUT2D eigenvalue weighted by Gasteiger charge is -2.18. The van der Waals surface area contributed by atoms with Crippen molar-refractivity contribution in [3.63, 3.8) is 0 Å². The van der Waals surface area contributed by atoms with Gasteiger partial charge in [0.25, 0.3) is 5.91 Å². The Morgan fingerprint density at radius 3 is 2.59 bits per heavy atom. The molecule has 1 atom stereocenters. The fourth-order valence-corrected chi connectivity index (χ4v) is 5.41. The van der Waals surface area contributed by atoms with E-state index in [1.54, 1.807) is 36.0 Å². The van der Waals surface area contributed by atoms with Gasteiger partial charge >= 0.3 is 0 Å². The molecule has 1 aliphatic heterocycles. The summed E-state index contributed by atoms with van der Waals surface area (Å²) in [7, 11) is -1.77. The molecule has 1 aliphatic rings. The second kappa shape index (κ2) is 7.48. The lowest BCUT2D eigenvalue weighted by Crippen LogP contribution is -2.34. The Morgan fingerprint density at radius 2 is 1.83 bits per heavy atom. The first-order valence-electron chi connectivity index (χ1n) is 9.59.